The molecule has 2 heteroatoms. The van der Waals surface area contributed by atoms with Gasteiger partial charge in [0.1, 0.15) is 0 Å². The lowest BCUT2D eigenvalue weighted by Crippen LogP contribution is -2.58. The third-order valence-electron chi connectivity index (χ3n) is 4.67. The summed E-state index contributed by atoms with van der Waals surface area (Å²) in [5.74, 6) is 0. The molecule has 1 aliphatic carbocycles. The van der Waals surface area contributed by atoms with Gasteiger partial charge in [0.2, 0.25) is 0 Å². The topological polar surface area (TPSA) is 15.3 Å². The van der Waals surface area contributed by atoms with Crippen molar-refractivity contribution in [2.45, 2.75) is 71.5 Å². The maximum Gasteiger partial charge on any atom is 0.0271 e. The second kappa shape index (κ2) is 5.50. The van der Waals surface area contributed by atoms with Crippen LogP contribution in [0.25, 0.3) is 0 Å². The Kier molecular flexibility index (Phi) is 4.81. The minimum absolute atomic E-state index is 0.430. The van der Waals surface area contributed by atoms with E-state index in [1.54, 1.807) is 0 Å². The normalized spacial score (nSPS) is 31.7. The first-order valence-electron chi connectivity index (χ1n) is 6.83. The zero-order valence-electron chi connectivity index (χ0n) is 12.0. The van der Waals surface area contributed by atoms with Crippen molar-refractivity contribution in [2.24, 2.45) is 5.41 Å². The molecular weight excluding hydrogens is 196 g/mol. The highest BCUT2D eigenvalue weighted by Gasteiger charge is 2.40. The van der Waals surface area contributed by atoms with Crippen LogP contribution in [0.5, 0.6) is 0 Å². The molecule has 0 bridgehead atoms. The Labute approximate surface area is 102 Å². The molecule has 0 spiro atoms. The number of hydrogen-bond donors (Lipinski definition) is 1. The van der Waals surface area contributed by atoms with Crippen LogP contribution in [-0.4, -0.2) is 37.1 Å². The summed E-state index contributed by atoms with van der Waals surface area (Å²) in [5, 5.41) is 3.56. The Balaban J connectivity index is 2.77. The molecule has 1 saturated carbocycles. The third kappa shape index (κ3) is 2.78. The fourth-order valence-corrected chi connectivity index (χ4v) is 3.25. The molecule has 0 aromatic rings. The average molecular weight is 226 g/mol. The third-order valence-corrected chi connectivity index (χ3v) is 4.67. The van der Waals surface area contributed by atoms with Crippen LogP contribution >= 0.6 is 0 Å². The van der Waals surface area contributed by atoms with Gasteiger partial charge in [0, 0.05) is 18.1 Å². The van der Waals surface area contributed by atoms with Crippen LogP contribution < -0.4 is 5.32 Å². The molecule has 1 N–H and O–H groups in total. The highest BCUT2D eigenvalue weighted by Crippen LogP contribution is 2.37. The first-order valence-corrected chi connectivity index (χ1v) is 6.83. The SMILES string of the molecule is CCC(C)N(C)C1CCCC(C)(C)C1NC. The zero-order valence-corrected chi connectivity index (χ0v) is 12.0. The van der Waals surface area contributed by atoms with E-state index in [2.05, 4.69) is 52.0 Å². The largest absolute Gasteiger partial charge is 0.315 e. The molecule has 0 amide bonds. The number of rotatable bonds is 4. The smallest absolute Gasteiger partial charge is 0.0271 e. The van der Waals surface area contributed by atoms with E-state index in [1.165, 1.54) is 25.7 Å². The van der Waals surface area contributed by atoms with Crippen molar-refractivity contribution in [3.63, 3.8) is 0 Å². The van der Waals surface area contributed by atoms with Crippen molar-refractivity contribution in [2.75, 3.05) is 14.1 Å². The fraction of sp³-hybridized carbons (Fsp3) is 1.00. The van der Waals surface area contributed by atoms with Gasteiger partial charge in [0.25, 0.3) is 0 Å². The minimum Gasteiger partial charge on any atom is -0.315 e. The average Bonchev–Trinajstić information content (AvgIpc) is 2.25. The predicted molar refractivity (Wildman–Crippen MR) is 71.8 cm³/mol. The number of nitrogens with one attached hydrogen (secondary N) is 1. The van der Waals surface area contributed by atoms with E-state index in [-0.39, 0.29) is 0 Å². The molecule has 1 aliphatic rings. The molecule has 1 rings (SSSR count). The van der Waals surface area contributed by atoms with Crippen LogP contribution in [0.15, 0.2) is 0 Å². The van der Waals surface area contributed by atoms with E-state index in [9.17, 15) is 0 Å². The van der Waals surface area contributed by atoms with Gasteiger partial charge in [-0.3, -0.25) is 4.90 Å². The fourth-order valence-electron chi connectivity index (χ4n) is 3.25. The van der Waals surface area contributed by atoms with Crippen molar-refractivity contribution >= 4 is 0 Å². The van der Waals surface area contributed by atoms with Gasteiger partial charge < -0.3 is 5.32 Å². The van der Waals surface area contributed by atoms with E-state index in [1.807, 2.05) is 0 Å². The lowest BCUT2D eigenvalue weighted by atomic mass is 9.70. The van der Waals surface area contributed by atoms with E-state index >= 15 is 0 Å². The van der Waals surface area contributed by atoms with E-state index < -0.39 is 0 Å². The molecule has 3 unspecified atom stereocenters. The maximum absolute atomic E-state index is 3.56. The van der Waals surface area contributed by atoms with Crippen LogP contribution in [0.3, 0.4) is 0 Å². The van der Waals surface area contributed by atoms with Gasteiger partial charge in [-0.2, -0.15) is 0 Å². The lowest BCUT2D eigenvalue weighted by Gasteiger charge is -2.48. The standard InChI is InChI=1S/C14H30N2/c1-7-11(2)16(6)12-9-8-10-14(3,4)13(12)15-5/h11-13,15H,7-10H2,1-6H3. The van der Waals surface area contributed by atoms with Crippen molar-refractivity contribution in [1.29, 1.82) is 0 Å². The summed E-state index contributed by atoms with van der Waals surface area (Å²) in [4.78, 5) is 2.59. The Hall–Kier alpha value is -0.0800. The first kappa shape index (κ1) is 14.0. The van der Waals surface area contributed by atoms with E-state index in [0.29, 0.717) is 23.5 Å². The Morgan fingerprint density at radius 3 is 2.56 bits per heavy atom. The van der Waals surface area contributed by atoms with Gasteiger partial charge in [-0.1, -0.05) is 27.2 Å². The monoisotopic (exact) mass is 226 g/mol. The maximum atomic E-state index is 3.56. The number of likely N-dealkylation sites (N-methyl/N-ethyl adjacent to an activating group) is 2. The summed E-state index contributed by atoms with van der Waals surface area (Å²) >= 11 is 0. The zero-order chi connectivity index (χ0) is 12.3. The molecular formula is C14H30N2. The van der Waals surface area contributed by atoms with Crippen molar-refractivity contribution in [3.05, 3.63) is 0 Å². The van der Waals surface area contributed by atoms with Gasteiger partial charge in [0.05, 0.1) is 0 Å². The molecule has 0 aliphatic heterocycles. The minimum atomic E-state index is 0.430. The Morgan fingerprint density at radius 2 is 2.06 bits per heavy atom. The van der Waals surface area contributed by atoms with E-state index in [4.69, 9.17) is 0 Å². The summed E-state index contributed by atoms with van der Waals surface area (Å²) in [7, 11) is 4.42. The molecule has 0 aromatic carbocycles. The van der Waals surface area contributed by atoms with Gasteiger partial charge >= 0.3 is 0 Å². The molecule has 96 valence electrons. The molecule has 0 saturated heterocycles. The number of hydrogen-bond acceptors (Lipinski definition) is 2. The van der Waals surface area contributed by atoms with Crippen LogP contribution in [0, 0.1) is 5.41 Å². The van der Waals surface area contributed by atoms with Crippen LogP contribution in [0.2, 0.25) is 0 Å². The van der Waals surface area contributed by atoms with Crippen molar-refractivity contribution < 1.29 is 0 Å². The first-order chi connectivity index (χ1) is 7.44. The molecule has 0 heterocycles. The predicted octanol–water partition coefficient (Wildman–Crippen LogP) is 2.88. The summed E-state index contributed by atoms with van der Waals surface area (Å²) in [6.45, 7) is 9.44. The summed E-state index contributed by atoms with van der Waals surface area (Å²) < 4.78 is 0. The second-order valence-electron chi connectivity index (χ2n) is 6.14. The van der Waals surface area contributed by atoms with Crippen LogP contribution in [-0.2, 0) is 0 Å². The van der Waals surface area contributed by atoms with E-state index in [0.717, 1.165) is 0 Å². The molecule has 16 heavy (non-hydrogen) atoms. The summed E-state index contributed by atoms with van der Waals surface area (Å²) in [5.41, 5.74) is 0.430. The Morgan fingerprint density at radius 1 is 1.44 bits per heavy atom. The van der Waals surface area contributed by atoms with Gasteiger partial charge in [-0.15, -0.1) is 0 Å². The lowest BCUT2D eigenvalue weighted by molar-refractivity contribution is 0.0465. The Bertz CT molecular complexity index is 213. The van der Waals surface area contributed by atoms with Crippen molar-refractivity contribution in [1.82, 2.24) is 10.2 Å². The molecule has 1 fully saturated rings. The van der Waals surface area contributed by atoms with Crippen LogP contribution in [0.1, 0.15) is 53.4 Å². The van der Waals surface area contributed by atoms with Gasteiger partial charge in [-0.05, 0) is 45.7 Å². The van der Waals surface area contributed by atoms with Gasteiger partial charge in [-0.25, -0.2) is 0 Å². The summed E-state index contributed by atoms with van der Waals surface area (Å²) in [6.07, 6.45) is 5.31. The quantitative estimate of drug-likeness (QED) is 0.793. The number of nitrogens with zero attached hydrogens (tertiary/aromatic N) is 1. The molecule has 0 radical (unpaired) electrons. The molecule has 3 atom stereocenters. The molecule has 0 aromatic heterocycles. The highest BCUT2D eigenvalue weighted by atomic mass is 15.2. The summed E-state index contributed by atoms with van der Waals surface area (Å²) in [6, 6.07) is 2.01. The second-order valence-corrected chi connectivity index (χ2v) is 6.14. The van der Waals surface area contributed by atoms with Crippen LogP contribution in [0.4, 0.5) is 0 Å². The van der Waals surface area contributed by atoms with Crippen molar-refractivity contribution in [3.8, 4) is 0 Å². The molecule has 2 nitrogen and oxygen atoms in total. The van der Waals surface area contributed by atoms with Gasteiger partial charge in [0.15, 0.2) is 0 Å². The highest BCUT2D eigenvalue weighted by molar-refractivity contribution is 4.97.